The fourth-order valence-electron chi connectivity index (χ4n) is 2.90. The third-order valence-electron chi connectivity index (χ3n) is 4.31. The minimum atomic E-state index is -3.81. The molecular weight excluding hydrogens is 378 g/mol. The summed E-state index contributed by atoms with van der Waals surface area (Å²) in [6, 6.07) is 11.8. The van der Waals surface area contributed by atoms with Crippen LogP contribution < -0.4 is 9.46 Å². The molecule has 0 aromatic heterocycles. The number of nitrogens with one attached hydrogen (secondary N) is 1. The fourth-order valence-corrected chi connectivity index (χ4v) is 3.80. The van der Waals surface area contributed by atoms with Crippen molar-refractivity contribution in [3.8, 4) is 5.75 Å². The molecule has 1 aliphatic carbocycles. The molecule has 0 saturated heterocycles. The molecule has 2 aromatic carbocycles. The fraction of sp³-hybridized carbons (Fsp3) is 0.190. The second kappa shape index (κ2) is 7.90. The quantitative estimate of drug-likeness (QED) is 0.754. The lowest BCUT2D eigenvalue weighted by molar-refractivity contribution is -0.137. The molecule has 0 saturated carbocycles. The Labute approximate surface area is 164 Å². The number of methoxy groups -OCH3 is 1. The molecule has 0 aliphatic heterocycles. The van der Waals surface area contributed by atoms with Crippen molar-refractivity contribution in [2.45, 2.75) is 18.7 Å². The van der Waals surface area contributed by atoms with E-state index >= 15 is 0 Å². The molecule has 0 radical (unpaired) electrons. The van der Waals surface area contributed by atoms with Crippen LogP contribution in [0.5, 0.6) is 5.75 Å². The van der Waals surface area contributed by atoms with Crippen LogP contribution in [0.15, 0.2) is 59.1 Å². The van der Waals surface area contributed by atoms with Crippen molar-refractivity contribution >= 4 is 27.6 Å². The predicted molar refractivity (Wildman–Crippen MR) is 107 cm³/mol. The van der Waals surface area contributed by atoms with E-state index in [1.807, 2.05) is 25.1 Å². The lowest BCUT2D eigenvalue weighted by Gasteiger charge is -2.10. The topological polar surface area (TPSA) is 81.7 Å². The van der Waals surface area contributed by atoms with E-state index in [0.29, 0.717) is 16.9 Å². The van der Waals surface area contributed by atoms with Crippen LogP contribution in [0.3, 0.4) is 0 Å². The van der Waals surface area contributed by atoms with Gasteiger partial charge >= 0.3 is 5.97 Å². The van der Waals surface area contributed by atoms with Gasteiger partial charge in [0.15, 0.2) is 0 Å². The first kappa shape index (κ1) is 19.7. The maximum absolute atomic E-state index is 12.6. The van der Waals surface area contributed by atoms with Gasteiger partial charge in [-0.05, 0) is 55.3 Å². The van der Waals surface area contributed by atoms with Gasteiger partial charge in [0.2, 0.25) is 0 Å². The zero-order chi connectivity index (χ0) is 20.3. The van der Waals surface area contributed by atoms with Crippen molar-refractivity contribution in [1.82, 2.24) is 4.72 Å². The van der Waals surface area contributed by atoms with E-state index < -0.39 is 16.0 Å². The van der Waals surface area contributed by atoms with Gasteiger partial charge in [0, 0.05) is 11.8 Å². The molecule has 146 valence electrons. The third-order valence-corrected chi connectivity index (χ3v) is 5.63. The highest BCUT2D eigenvalue weighted by Gasteiger charge is 2.26. The van der Waals surface area contributed by atoms with Crippen molar-refractivity contribution in [3.63, 3.8) is 0 Å². The van der Waals surface area contributed by atoms with E-state index in [2.05, 4.69) is 4.72 Å². The molecule has 0 spiro atoms. The van der Waals surface area contributed by atoms with Crippen LogP contribution in [0.25, 0.3) is 11.6 Å². The molecular formula is C21H21NO5S. The highest BCUT2D eigenvalue weighted by Crippen LogP contribution is 2.36. The van der Waals surface area contributed by atoms with Gasteiger partial charge in [0.1, 0.15) is 5.75 Å². The molecule has 0 amide bonds. The van der Waals surface area contributed by atoms with E-state index in [1.54, 1.807) is 25.1 Å². The van der Waals surface area contributed by atoms with Crippen LogP contribution >= 0.6 is 0 Å². The van der Waals surface area contributed by atoms with Crippen LogP contribution in [0.4, 0.5) is 0 Å². The largest absolute Gasteiger partial charge is 0.497 e. The lowest BCUT2D eigenvalue weighted by atomic mass is 10.0. The maximum Gasteiger partial charge on any atom is 0.338 e. The molecule has 3 rings (SSSR count). The summed E-state index contributed by atoms with van der Waals surface area (Å²) in [5.74, 6) is 0.0660. The lowest BCUT2D eigenvalue weighted by Crippen LogP contribution is -2.19. The van der Waals surface area contributed by atoms with Crippen molar-refractivity contribution in [1.29, 1.82) is 0 Å². The summed E-state index contributed by atoms with van der Waals surface area (Å²) in [6.07, 6.45) is 3.05. The standard InChI is InChI=1S/C21H21NO5S/c1-4-27-21(23)19-12-15-6-5-14(2)11-18(15)20(19)13-22-28(24,25)17-9-7-16(26-3)8-10-17/h5-13,22H,4H2,1-3H3/b20-13-. The first-order valence-electron chi connectivity index (χ1n) is 8.72. The molecule has 1 aliphatic rings. The zero-order valence-corrected chi connectivity index (χ0v) is 16.7. The number of hydrogen-bond acceptors (Lipinski definition) is 5. The Kier molecular flexibility index (Phi) is 5.56. The van der Waals surface area contributed by atoms with Gasteiger partial charge in [-0.15, -0.1) is 0 Å². The second-order valence-corrected chi connectivity index (χ2v) is 7.94. The van der Waals surface area contributed by atoms with Crippen molar-refractivity contribution in [2.24, 2.45) is 0 Å². The minimum Gasteiger partial charge on any atom is -0.497 e. The average Bonchev–Trinajstić information content (AvgIpc) is 3.04. The molecule has 0 heterocycles. The van der Waals surface area contributed by atoms with Gasteiger partial charge in [0.25, 0.3) is 10.0 Å². The molecule has 0 atom stereocenters. The van der Waals surface area contributed by atoms with Crippen LogP contribution in [0, 0.1) is 6.92 Å². The number of aryl methyl sites for hydroxylation is 1. The Hall–Kier alpha value is -3.06. The zero-order valence-electron chi connectivity index (χ0n) is 15.9. The van der Waals surface area contributed by atoms with Gasteiger partial charge in [-0.25, -0.2) is 13.2 Å². The normalized spacial score (nSPS) is 14.4. The number of ether oxygens (including phenoxy) is 2. The molecule has 1 N–H and O–H groups in total. The Morgan fingerprint density at radius 1 is 1.14 bits per heavy atom. The number of carbonyl (C=O) groups is 1. The highest BCUT2D eigenvalue weighted by atomic mass is 32.2. The number of fused-ring (bicyclic) bond motifs is 1. The van der Waals surface area contributed by atoms with Gasteiger partial charge in [-0.1, -0.05) is 23.8 Å². The number of sulfonamides is 1. The summed E-state index contributed by atoms with van der Waals surface area (Å²) >= 11 is 0. The Morgan fingerprint density at radius 3 is 2.50 bits per heavy atom. The predicted octanol–water partition coefficient (Wildman–Crippen LogP) is 3.28. The van der Waals surface area contributed by atoms with Gasteiger partial charge in [-0.2, -0.15) is 0 Å². The monoisotopic (exact) mass is 399 g/mol. The molecule has 0 unspecified atom stereocenters. The SMILES string of the molecule is CCOC(=O)C1=Cc2ccc(C)cc2/C1=C/NS(=O)(=O)c1ccc(OC)cc1. The summed E-state index contributed by atoms with van der Waals surface area (Å²) in [4.78, 5) is 12.4. The Morgan fingerprint density at radius 2 is 1.86 bits per heavy atom. The molecule has 7 heteroatoms. The van der Waals surface area contributed by atoms with Crippen molar-refractivity contribution in [3.05, 3.63) is 70.9 Å². The summed E-state index contributed by atoms with van der Waals surface area (Å²) < 4.78 is 37.9. The molecule has 28 heavy (non-hydrogen) atoms. The van der Waals surface area contributed by atoms with E-state index in [-0.39, 0.29) is 11.5 Å². The van der Waals surface area contributed by atoms with Crippen LogP contribution in [-0.2, 0) is 19.6 Å². The average molecular weight is 399 g/mol. The maximum atomic E-state index is 12.6. The number of benzene rings is 2. The summed E-state index contributed by atoms with van der Waals surface area (Å²) in [7, 11) is -2.30. The molecule has 0 bridgehead atoms. The van der Waals surface area contributed by atoms with E-state index in [0.717, 1.165) is 16.7 Å². The first-order chi connectivity index (χ1) is 13.4. The molecule has 0 fully saturated rings. The molecule has 2 aromatic rings. The minimum absolute atomic E-state index is 0.0919. The number of esters is 1. The van der Waals surface area contributed by atoms with Crippen LogP contribution in [-0.4, -0.2) is 28.1 Å². The highest BCUT2D eigenvalue weighted by molar-refractivity contribution is 7.89. The van der Waals surface area contributed by atoms with Gasteiger partial charge in [-0.3, -0.25) is 4.72 Å². The third kappa shape index (κ3) is 3.94. The van der Waals surface area contributed by atoms with E-state index in [1.165, 1.54) is 25.4 Å². The van der Waals surface area contributed by atoms with E-state index in [9.17, 15) is 13.2 Å². The Balaban J connectivity index is 1.96. The number of rotatable bonds is 6. The smallest absolute Gasteiger partial charge is 0.338 e. The summed E-state index contributed by atoms with van der Waals surface area (Å²) in [6.45, 7) is 3.89. The van der Waals surface area contributed by atoms with E-state index in [4.69, 9.17) is 9.47 Å². The van der Waals surface area contributed by atoms with Gasteiger partial charge < -0.3 is 9.47 Å². The van der Waals surface area contributed by atoms with Crippen LogP contribution in [0.2, 0.25) is 0 Å². The molecule has 6 nitrogen and oxygen atoms in total. The number of hydrogen-bond donors (Lipinski definition) is 1. The van der Waals surface area contributed by atoms with Crippen molar-refractivity contribution < 1.29 is 22.7 Å². The summed E-state index contributed by atoms with van der Waals surface area (Å²) in [5.41, 5.74) is 3.42. The van der Waals surface area contributed by atoms with Crippen LogP contribution in [0.1, 0.15) is 23.6 Å². The summed E-state index contributed by atoms with van der Waals surface area (Å²) in [5, 5.41) is 0. The number of carbonyl (C=O) groups excluding carboxylic acids is 1. The second-order valence-electron chi connectivity index (χ2n) is 6.22. The Bertz CT molecular complexity index is 1070. The first-order valence-corrected chi connectivity index (χ1v) is 10.2. The van der Waals surface area contributed by atoms with Gasteiger partial charge in [0.05, 0.1) is 24.2 Å². The van der Waals surface area contributed by atoms with Crippen molar-refractivity contribution in [2.75, 3.05) is 13.7 Å².